The molecule has 3 aromatic rings. The lowest BCUT2D eigenvalue weighted by atomic mass is 10.1. The average molecular weight is 306 g/mol. The van der Waals surface area contributed by atoms with E-state index in [-0.39, 0.29) is 5.91 Å². The fraction of sp³-hybridized carbons (Fsp3) is 0.250. The summed E-state index contributed by atoms with van der Waals surface area (Å²) >= 11 is 0. The highest BCUT2D eigenvalue weighted by Crippen LogP contribution is 2.15. The molecule has 0 bridgehead atoms. The zero-order valence-corrected chi connectivity index (χ0v) is 13.5. The Balaban J connectivity index is 1.45. The molecule has 0 saturated carbocycles. The minimum absolute atomic E-state index is 0.0907. The van der Waals surface area contributed by atoms with E-state index in [1.807, 2.05) is 25.1 Å². The predicted octanol–water partition coefficient (Wildman–Crippen LogP) is 3.70. The van der Waals surface area contributed by atoms with Gasteiger partial charge in [-0.1, -0.05) is 48.0 Å². The first-order valence-corrected chi connectivity index (χ1v) is 8.08. The number of fused-ring (bicyclic) bond motifs is 1. The molecule has 1 N–H and O–H groups in total. The molecule has 0 aliphatic carbocycles. The maximum atomic E-state index is 12.0. The third-order valence-corrected chi connectivity index (χ3v) is 4.03. The van der Waals surface area contributed by atoms with Crippen molar-refractivity contribution in [1.82, 2.24) is 9.88 Å². The largest absolute Gasteiger partial charge is 0.356 e. The Bertz CT molecular complexity index is 804. The molecule has 1 heterocycles. The zero-order valence-electron chi connectivity index (χ0n) is 13.5. The maximum Gasteiger partial charge on any atom is 0.224 e. The topological polar surface area (TPSA) is 34.0 Å². The summed E-state index contributed by atoms with van der Waals surface area (Å²) in [6, 6.07) is 18.6. The van der Waals surface area contributed by atoms with Crippen molar-refractivity contribution < 1.29 is 4.79 Å². The SMILES string of the molecule is Cc1cccc(CC(=O)NCCCn2ccc3ccccc32)c1. The molecule has 0 atom stereocenters. The third kappa shape index (κ3) is 4.01. The van der Waals surface area contributed by atoms with Crippen molar-refractivity contribution in [2.24, 2.45) is 0 Å². The smallest absolute Gasteiger partial charge is 0.224 e. The van der Waals surface area contributed by atoms with Crippen molar-refractivity contribution in [3.8, 4) is 0 Å². The molecule has 23 heavy (non-hydrogen) atoms. The van der Waals surface area contributed by atoms with Crippen molar-refractivity contribution in [2.45, 2.75) is 26.3 Å². The predicted molar refractivity (Wildman–Crippen MR) is 94.4 cm³/mol. The standard InChI is InChI=1S/C20H22N2O/c1-16-6-4-7-17(14-16)15-20(23)21-11-5-12-22-13-10-18-8-2-3-9-19(18)22/h2-4,6-10,13-14H,5,11-12,15H2,1H3,(H,21,23). The first kappa shape index (κ1) is 15.3. The molecule has 1 aromatic heterocycles. The Labute approximate surface area is 136 Å². The van der Waals surface area contributed by atoms with E-state index in [1.54, 1.807) is 0 Å². The number of hydrogen-bond donors (Lipinski definition) is 1. The molecule has 3 rings (SSSR count). The van der Waals surface area contributed by atoms with Crippen LogP contribution in [0.15, 0.2) is 60.8 Å². The van der Waals surface area contributed by atoms with Crippen LogP contribution in [0.4, 0.5) is 0 Å². The summed E-state index contributed by atoms with van der Waals surface area (Å²) in [4.78, 5) is 12.0. The summed E-state index contributed by atoms with van der Waals surface area (Å²) < 4.78 is 2.24. The molecule has 0 unspecified atom stereocenters. The number of nitrogens with zero attached hydrogens (tertiary/aromatic N) is 1. The van der Waals surface area contributed by atoms with Crippen molar-refractivity contribution in [1.29, 1.82) is 0 Å². The van der Waals surface area contributed by atoms with Gasteiger partial charge in [0.2, 0.25) is 5.91 Å². The zero-order chi connectivity index (χ0) is 16.1. The van der Waals surface area contributed by atoms with Gasteiger partial charge in [0, 0.05) is 24.8 Å². The monoisotopic (exact) mass is 306 g/mol. The lowest BCUT2D eigenvalue weighted by Gasteiger charge is -2.08. The van der Waals surface area contributed by atoms with E-state index in [4.69, 9.17) is 0 Å². The molecule has 3 heteroatoms. The molecule has 0 radical (unpaired) electrons. The van der Waals surface area contributed by atoms with E-state index in [0.29, 0.717) is 13.0 Å². The summed E-state index contributed by atoms with van der Waals surface area (Å²) in [5, 5.41) is 4.27. The van der Waals surface area contributed by atoms with Crippen LogP contribution >= 0.6 is 0 Å². The number of benzene rings is 2. The lowest BCUT2D eigenvalue weighted by molar-refractivity contribution is -0.120. The summed E-state index contributed by atoms with van der Waals surface area (Å²) in [6.45, 7) is 3.66. The third-order valence-electron chi connectivity index (χ3n) is 4.03. The van der Waals surface area contributed by atoms with E-state index < -0.39 is 0 Å². The van der Waals surface area contributed by atoms with Gasteiger partial charge in [-0.25, -0.2) is 0 Å². The molecular formula is C20H22N2O. The van der Waals surface area contributed by atoms with Gasteiger partial charge in [0.05, 0.1) is 6.42 Å². The van der Waals surface area contributed by atoms with Gasteiger partial charge in [-0.05, 0) is 36.4 Å². The molecule has 1 amide bonds. The first-order valence-electron chi connectivity index (χ1n) is 8.08. The highest BCUT2D eigenvalue weighted by Gasteiger charge is 2.04. The Hall–Kier alpha value is -2.55. The molecule has 0 spiro atoms. The molecule has 3 nitrogen and oxygen atoms in total. The van der Waals surface area contributed by atoms with Crippen LogP contribution in [-0.2, 0) is 17.8 Å². The molecule has 0 aliphatic rings. The van der Waals surface area contributed by atoms with Crippen LogP contribution in [0, 0.1) is 6.92 Å². The van der Waals surface area contributed by atoms with Crippen LogP contribution in [0.25, 0.3) is 10.9 Å². The maximum absolute atomic E-state index is 12.0. The minimum atomic E-state index is 0.0907. The number of rotatable bonds is 6. The van der Waals surface area contributed by atoms with E-state index in [0.717, 1.165) is 18.5 Å². The number of amides is 1. The van der Waals surface area contributed by atoms with E-state index in [9.17, 15) is 4.79 Å². The Morgan fingerprint density at radius 1 is 1.09 bits per heavy atom. The van der Waals surface area contributed by atoms with Gasteiger partial charge in [-0.2, -0.15) is 0 Å². The van der Waals surface area contributed by atoms with Crippen LogP contribution < -0.4 is 5.32 Å². The van der Waals surface area contributed by atoms with Crippen LogP contribution in [0.3, 0.4) is 0 Å². The van der Waals surface area contributed by atoms with Crippen molar-refractivity contribution in [3.05, 3.63) is 71.9 Å². The molecule has 2 aromatic carbocycles. The number of aromatic nitrogens is 1. The fourth-order valence-corrected chi connectivity index (χ4v) is 2.88. The number of nitrogens with one attached hydrogen (secondary N) is 1. The fourth-order valence-electron chi connectivity index (χ4n) is 2.88. The minimum Gasteiger partial charge on any atom is -0.356 e. The van der Waals surface area contributed by atoms with Crippen LogP contribution in [0.2, 0.25) is 0 Å². The first-order chi connectivity index (χ1) is 11.2. The average Bonchev–Trinajstić information content (AvgIpc) is 2.95. The summed E-state index contributed by atoms with van der Waals surface area (Å²) in [7, 11) is 0. The van der Waals surface area contributed by atoms with E-state index in [2.05, 4.69) is 52.5 Å². The highest BCUT2D eigenvalue weighted by molar-refractivity contribution is 5.80. The number of hydrogen-bond acceptors (Lipinski definition) is 1. The van der Waals surface area contributed by atoms with Gasteiger partial charge in [0.15, 0.2) is 0 Å². The van der Waals surface area contributed by atoms with Crippen molar-refractivity contribution >= 4 is 16.8 Å². The Kier molecular flexibility index (Phi) is 4.77. The Morgan fingerprint density at radius 2 is 1.96 bits per heavy atom. The van der Waals surface area contributed by atoms with Crippen LogP contribution in [0.1, 0.15) is 17.5 Å². The second kappa shape index (κ2) is 7.14. The number of para-hydroxylation sites is 1. The molecule has 118 valence electrons. The van der Waals surface area contributed by atoms with Crippen molar-refractivity contribution in [2.75, 3.05) is 6.54 Å². The van der Waals surface area contributed by atoms with E-state index in [1.165, 1.54) is 16.5 Å². The van der Waals surface area contributed by atoms with Gasteiger partial charge in [-0.3, -0.25) is 4.79 Å². The quantitative estimate of drug-likeness (QED) is 0.692. The summed E-state index contributed by atoms with van der Waals surface area (Å²) in [6.07, 6.45) is 3.49. The van der Waals surface area contributed by atoms with Gasteiger partial charge >= 0.3 is 0 Å². The molecule has 0 saturated heterocycles. The second-order valence-electron chi connectivity index (χ2n) is 5.94. The van der Waals surface area contributed by atoms with Gasteiger partial charge < -0.3 is 9.88 Å². The second-order valence-corrected chi connectivity index (χ2v) is 5.94. The summed E-state index contributed by atoms with van der Waals surface area (Å²) in [5.74, 6) is 0.0907. The van der Waals surface area contributed by atoms with Crippen LogP contribution in [0.5, 0.6) is 0 Å². The number of carbonyl (C=O) groups is 1. The Morgan fingerprint density at radius 3 is 2.83 bits per heavy atom. The number of aryl methyl sites for hydroxylation is 2. The van der Waals surface area contributed by atoms with Gasteiger partial charge in [0.1, 0.15) is 0 Å². The molecule has 0 aliphatic heterocycles. The highest BCUT2D eigenvalue weighted by atomic mass is 16.1. The van der Waals surface area contributed by atoms with Gasteiger partial charge in [0.25, 0.3) is 0 Å². The van der Waals surface area contributed by atoms with E-state index >= 15 is 0 Å². The normalized spacial score (nSPS) is 10.8. The summed E-state index contributed by atoms with van der Waals surface area (Å²) in [5.41, 5.74) is 3.51. The lowest BCUT2D eigenvalue weighted by Crippen LogP contribution is -2.26. The van der Waals surface area contributed by atoms with Gasteiger partial charge in [-0.15, -0.1) is 0 Å². The molecule has 0 fully saturated rings. The molecular weight excluding hydrogens is 284 g/mol. The van der Waals surface area contributed by atoms with Crippen molar-refractivity contribution in [3.63, 3.8) is 0 Å². The number of carbonyl (C=O) groups excluding carboxylic acids is 1. The van der Waals surface area contributed by atoms with Crippen LogP contribution in [-0.4, -0.2) is 17.0 Å².